The van der Waals surface area contributed by atoms with Crippen LogP contribution in [0.15, 0.2) is 18.7 Å². The Morgan fingerprint density at radius 3 is 2.67 bits per heavy atom. The van der Waals surface area contributed by atoms with Crippen molar-refractivity contribution in [3.63, 3.8) is 0 Å². The second-order valence-corrected chi connectivity index (χ2v) is 2.97. The zero-order chi connectivity index (χ0) is 9.30. The van der Waals surface area contributed by atoms with E-state index in [1.807, 2.05) is 0 Å². The van der Waals surface area contributed by atoms with Crippen LogP contribution in [0.4, 0.5) is 4.39 Å². The lowest BCUT2D eigenvalue weighted by molar-refractivity contribution is 0.467. The van der Waals surface area contributed by atoms with Crippen LogP contribution in [-0.4, -0.2) is 5.11 Å². The molecule has 0 spiro atoms. The predicted octanol–water partition coefficient (Wildman–Crippen LogP) is 3.22. The van der Waals surface area contributed by atoms with Gasteiger partial charge in [-0.3, -0.25) is 0 Å². The molecule has 0 saturated carbocycles. The molecule has 0 aliphatic rings. The molecule has 0 amide bonds. The van der Waals surface area contributed by atoms with Gasteiger partial charge in [-0.05, 0) is 18.6 Å². The molecular weight excluding hydrogens is 179 g/mol. The molecule has 1 rings (SSSR count). The highest BCUT2D eigenvalue weighted by Gasteiger charge is 2.07. The SMILES string of the molecule is C=C(C)c1cc(Cl)c(F)cc1O. The summed E-state index contributed by atoms with van der Waals surface area (Å²) < 4.78 is 12.7. The molecule has 64 valence electrons. The van der Waals surface area contributed by atoms with Crippen molar-refractivity contribution in [1.82, 2.24) is 0 Å². The molecule has 0 saturated heterocycles. The fourth-order valence-corrected chi connectivity index (χ4v) is 1.04. The maximum Gasteiger partial charge on any atom is 0.145 e. The number of allylic oxidation sites excluding steroid dienone is 1. The summed E-state index contributed by atoms with van der Waals surface area (Å²) in [5, 5.41) is 9.22. The fourth-order valence-electron chi connectivity index (χ4n) is 0.878. The minimum atomic E-state index is -0.626. The average Bonchev–Trinajstić information content (AvgIpc) is 1.96. The highest BCUT2D eigenvalue weighted by Crippen LogP contribution is 2.29. The van der Waals surface area contributed by atoms with E-state index in [9.17, 15) is 9.50 Å². The van der Waals surface area contributed by atoms with Crippen LogP contribution in [0.25, 0.3) is 5.57 Å². The van der Waals surface area contributed by atoms with Gasteiger partial charge in [0.15, 0.2) is 0 Å². The Labute approximate surface area is 75.1 Å². The lowest BCUT2D eigenvalue weighted by Gasteiger charge is -2.04. The Morgan fingerprint density at radius 1 is 1.58 bits per heavy atom. The molecule has 1 aromatic rings. The van der Waals surface area contributed by atoms with E-state index >= 15 is 0 Å². The third kappa shape index (κ3) is 1.59. The Balaban J connectivity index is 3.33. The van der Waals surface area contributed by atoms with Crippen LogP contribution in [0, 0.1) is 5.82 Å². The van der Waals surface area contributed by atoms with Crippen molar-refractivity contribution in [3.05, 3.63) is 35.1 Å². The molecule has 3 heteroatoms. The Kier molecular flexibility index (Phi) is 2.38. The largest absolute Gasteiger partial charge is 0.507 e. The molecule has 1 nitrogen and oxygen atoms in total. The first kappa shape index (κ1) is 9.07. The van der Waals surface area contributed by atoms with E-state index < -0.39 is 5.82 Å². The van der Waals surface area contributed by atoms with Gasteiger partial charge in [0.25, 0.3) is 0 Å². The van der Waals surface area contributed by atoms with Crippen LogP contribution in [0.1, 0.15) is 12.5 Å². The van der Waals surface area contributed by atoms with Crippen LogP contribution in [0.2, 0.25) is 5.02 Å². The van der Waals surface area contributed by atoms with Gasteiger partial charge in [-0.25, -0.2) is 4.39 Å². The fraction of sp³-hybridized carbons (Fsp3) is 0.111. The molecule has 0 heterocycles. The van der Waals surface area contributed by atoms with Crippen molar-refractivity contribution in [2.75, 3.05) is 0 Å². The summed E-state index contributed by atoms with van der Waals surface area (Å²) in [6.07, 6.45) is 0. The van der Waals surface area contributed by atoms with Gasteiger partial charge < -0.3 is 5.11 Å². The van der Waals surface area contributed by atoms with Gasteiger partial charge >= 0.3 is 0 Å². The van der Waals surface area contributed by atoms with Crippen molar-refractivity contribution >= 4 is 17.2 Å². The highest BCUT2D eigenvalue weighted by molar-refractivity contribution is 6.31. The lowest BCUT2D eigenvalue weighted by atomic mass is 10.1. The number of hydrogen-bond acceptors (Lipinski definition) is 1. The number of hydrogen-bond donors (Lipinski definition) is 1. The van der Waals surface area contributed by atoms with Gasteiger partial charge in [-0.15, -0.1) is 0 Å². The number of rotatable bonds is 1. The zero-order valence-corrected chi connectivity index (χ0v) is 7.32. The van der Waals surface area contributed by atoms with Crippen LogP contribution < -0.4 is 0 Å². The minimum absolute atomic E-state index is 0.00852. The van der Waals surface area contributed by atoms with Crippen molar-refractivity contribution in [2.45, 2.75) is 6.92 Å². The minimum Gasteiger partial charge on any atom is -0.507 e. The van der Waals surface area contributed by atoms with E-state index in [0.717, 1.165) is 6.07 Å². The molecule has 1 N–H and O–H groups in total. The van der Waals surface area contributed by atoms with Gasteiger partial charge in [0.05, 0.1) is 5.02 Å². The van der Waals surface area contributed by atoms with Crippen LogP contribution >= 0.6 is 11.6 Å². The van der Waals surface area contributed by atoms with Crippen LogP contribution in [0.5, 0.6) is 5.75 Å². The van der Waals surface area contributed by atoms with Gasteiger partial charge in [0.1, 0.15) is 11.6 Å². The first-order valence-electron chi connectivity index (χ1n) is 3.36. The second kappa shape index (κ2) is 3.15. The number of aromatic hydroxyl groups is 1. The molecule has 0 radical (unpaired) electrons. The van der Waals surface area contributed by atoms with E-state index in [1.54, 1.807) is 6.92 Å². The van der Waals surface area contributed by atoms with Crippen molar-refractivity contribution in [2.24, 2.45) is 0 Å². The van der Waals surface area contributed by atoms with E-state index in [2.05, 4.69) is 6.58 Å². The van der Waals surface area contributed by atoms with Gasteiger partial charge in [-0.2, -0.15) is 0 Å². The van der Waals surface area contributed by atoms with Crippen LogP contribution in [0.3, 0.4) is 0 Å². The van der Waals surface area contributed by atoms with Crippen LogP contribution in [-0.2, 0) is 0 Å². The lowest BCUT2D eigenvalue weighted by Crippen LogP contribution is -1.83. The quantitative estimate of drug-likeness (QED) is 0.714. The highest BCUT2D eigenvalue weighted by atomic mass is 35.5. The van der Waals surface area contributed by atoms with Gasteiger partial charge in [0, 0.05) is 11.6 Å². The summed E-state index contributed by atoms with van der Waals surface area (Å²) in [4.78, 5) is 0. The molecule has 0 unspecified atom stereocenters. The second-order valence-electron chi connectivity index (χ2n) is 2.56. The summed E-state index contributed by atoms with van der Waals surface area (Å²) in [7, 11) is 0. The summed E-state index contributed by atoms with van der Waals surface area (Å²) in [5.41, 5.74) is 1.12. The molecule has 0 fully saturated rings. The third-order valence-corrected chi connectivity index (χ3v) is 1.79. The predicted molar refractivity (Wildman–Crippen MR) is 47.8 cm³/mol. The standard InChI is InChI=1S/C9H8ClFO/c1-5(2)6-3-7(10)8(11)4-9(6)12/h3-4,12H,1H2,2H3. The Hall–Kier alpha value is -1.02. The molecule has 0 aliphatic carbocycles. The maximum atomic E-state index is 12.7. The molecule has 1 aromatic carbocycles. The molecule has 0 bridgehead atoms. The number of phenolic OH excluding ortho intramolecular Hbond substituents is 1. The first-order valence-corrected chi connectivity index (χ1v) is 3.74. The number of benzene rings is 1. The third-order valence-electron chi connectivity index (χ3n) is 1.50. The van der Waals surface area contributed by atoms with E-state index in [0.29, 0.717) is 11.1 Å². The number of halogens is 2. The molecule has 12 heavy (non-hydrogen) atoms. The summed E-state index contributed by atoms with van der Waals surface area (Å²) in [6.45, 7) is 5.33. The van der Waals surface area contributed by atoms with Crippen molar-refractivity contribution < 1.29 is 9.50 Å². The maximum absolute atomic E-state index is 12.7. The van der Waals surface area contributed by atoms with E-state index in [1.165, 1.54) is 6.07 Å². The summed E-state index contributed by atoms with van der Waals surface area (Å²) in [5.74, 6) is -0.761. The molecule has 0 aromatic heterocycles. The number of phenols is 1. The zero-order valence-electron chi connectivity index (χ0n) is 6.56. The first-order chi connectivity index (χ1) is 5.52. The Bertz CT molecular complexity index is 334. The monoisotopic (exact) mass is 186 g/mol. The van der Waals surface area contributed by atoms with Crippen molar-refractivity contribution in [1.29, 1.82) is 0 Å². The normalized spacial score (nSPS) is 9.92. The van der Waals surface area contributed by atoms with E-state index in [-0.39, 0.29) is 10.8 Å². The molecular formula is C9H8ClFO. The summed E-state index contributed by atoms with van der Waals surface area (Å²) >= 11 is 5.50. The average molecular weight is 187 g/mol. The van der Waals surface area contributed by atoms with Gasteiger partial charge in [0.2, 0.25) is 0 Å². The molecule has 0 aliphatic heterocycles. The van der Waals surface area contributed by atoms with Crippen molar-refractivity contribution in [3.8, 4) is 5.75 Å². The topological polar surface area (TPSA) is 20.2 Å². The Morgan fingerprint density at radius 2 is 2.17 bits per heavy atom. The van der Waals surface area contributed by atoms with E-state index in [4.69, 9.17) is 11.6 Å². The molecule has 0 atom stereocenters. The van der Waals surface area contributed by atoms with Gasteiger partial charge in [-0.1, -0.05) is 18.2 Å². The summed E-state index contributed by atoms with van der Waals surface area (Å²) in [6, 6.07) is 2.33. The smallest absolute Gasteiger partial charge is 0.145 e.